The summed E-state index contributed by atoms with van der Waals surface area (Å²) in [6, 6.07) is 0. The summed E-state index contributed by atoms with van der Waals surface area (Å²) in [5.74, 6) is 0.786. The zero-order chi connectivity index (χ0) is 12.0. The van der Waals surface area contributed by atoms with Gasteiger partial charge in [-0.1, -0.05) is 13.8 Å². The normalized spacial score (nSPS) is 38.6. The highest BCUT2D eigenvalue weighted by Crippen LogP contribution is 2.47. The Balaban J connectivity index is 2.35. The van der Waals surface area contributed by atoms with Gasteiger partial charge in [-0.15, -0.1) is 0 Å². The van der Waals surface area contributed by atoms with E-state index in [0.29, 0.717) is 18.6 Å². The third-order valence-corrected chi connectivity index (χ3v) is 4.55. The fourth-order valence-electron chi connectivity index (χ4n) is 3.54. The number of Topliss-reactive ketones (excluding diaryl/α,β-unsaturated/α-hetero) is 1. The van der Waals surface area contributed by atoms with Gasteiger partial charge in [-0.2, -0.15) is 0 Å². The molecule has 1 saturated carbocycles. The lowest BCUT2D eigenvalue weighted by Crippen LogP contribution is -2.59. The number of carbonyl (C=O) groups is 2. The molecule has 3 heteroatoms. The van der Waals surface area contributed by atoms with E-state index in [1.54, 1.807) is 0 Å². The van der Waals surface area contributed by atoms with Crippen LogP contribution < -0.4 is 5.32 Å². The maximum atomic E-state index is 12.0. The average Bonchev–Trinajstić information content (AvgIpc) is 2.32. The maximum absolute atomic E-state index is 12.0. The van der Waals surface area contributed by atoms with Gasteiger partial charge < -0.3 is 5.32 Å². The summed E-state index contributed by atoms with van der Waals surface area (Å²) in [6.45, 7) is 6.18. The zero-order valence-electron chi connectivity index (χ0n) is 10.4. The van der Waals surface area contributed by atoms with Crippen molar-refractivity contribution in [1.82, 2.24) is 5.32 Å². The van der Waals surface area contributed by atoms with Crippen molar-refractivity contribution in [1.29, 1.82) is 0 Å². The Morgan fingerprint density at radius 3 is 2.56 bits per heavy atom. The minimum absolute atomic E-state index is 0.148. The van der Waals surface area contributed by atoms with Crippen LogP contribution in [0, 0.1) is 11.3 Å². The molecule has 90 valence electrons. The van der Waals surface area contributed by atoms with Gasteiger partial charge in [-0.3, -0.25) is 9.59 Å². The molecule has 1 unspecified atom stereocenters. The van der Waals surface area contributed by atoms with E-state index in [4.69, 9.17) is 0 Å². The summed E-state index contributed by atoms with van der Waals surface area (Å²) in [4.78, 5) is 23.6. The molecule has 2 fully saturated rings. The highest BCUT2D eigenvalue weighted by Gasteiger charge is 2.51. The summed E-state index contributed by atoms with van der Waals surface area (Å²) < 4.78 is 0. The second-order valence-corrected chi connectivity index (χ2v) is 6.06. The molecule has 1 heterocycles. The lowest BCUT2D eigenvalue weighted by atomic mass is 9.58. The second-order valence-electron chi connectivity index (χ2n) is 6.06. The van der Waals surface area contributed by atoms with E-state index in [-0.39, 0.29) is 22.8 Å². The first-order valence-electron chi connectivity index (χ1n) is 6.20. The van der Waals surface area contributed by atoms with Crippen LogP contribution in [0.15, 0.2) is 0 Å². The van der Waals surface area contributed by atoms with Crippen molar-refractivity contribution in [2.45, 2.75) is 58.4 Å². The van der Waals surface area contributed by atoms with E-state index in [9.17, 15) is 9.59 Å². The van der Waals surface area contributed by atoms with Gasteiger partial charge in [-0.25, -0.2) is 0 Å². The van der Waals surface area contributed by atoms with E-state index >= 15 is 0 Å². The molecular formula is C13H21NO2. The average molecular weight is 223 g/mol. The third-order valence-electron chi connectivity index (χ3n) is 4.55. The molecule has 0 bridgehead atoms. The van der Waals surface area contributed by atoms with Crippen LogP contribution in [0.5, 0.6) is 0 Å². The lowest BCUT2D eigenvalue weighted by molar-refractivity contribution is -0.138. The Morgan fingerprint density at radius 1 is 1.19 bits per heavy atom. The maximum Gasteiger partial charge on any atom is 0.220 e. The van der Waals surface area contributed by atoms with Gasteiger partial charge >= 0.3 is 0 Å². The highest BCUT2D eigenvalue weighted by atomic mass is 16.2. The zero-order valence-corrected chi connectivity index (χ0v) is 10.4. The Labute approximate surface area is 97.0 Å². The van der Waals surface area contributed by atoms with Crippen LogP contribution in [-0.2, 0) is 9.59 Å². The van der Waals surface area contributed by atoms with Gasteiger partial charge in [0.25, 0.3) is 0 Å². The van der Waals surface area contributed by atoms with E-state index < -0.39 is 0 Å². The van der Waals surface area contributed by atoms with Crippen LogP contribution in [0.1, 0.15) is 52.9 Å². The van der Waals surface area contributed by atoms with E-state index in [1.807, 2.05) is 13.8 Å². The molecule has 1 saturated heterocycles. The quantitative estimate of drug-likeness (QED) is 0.683. The van der Waals surface area contributed by atoms with Gasteiger partial charge in [0.1, 0.15) is 5.78 Å². The Morgan fingerprint density at radius 2 is 1.88 bits per heavy atom. The smallest absolute Gasteiger partial charge is 0.220 e. The Bertz CT molecular complexity index is 335. The van der Waals surface area contributed by atoms with Gasteiger partial charge in [-0.05, 0) is 32.1 Å². The minimum atomic E-state index is -0.287. The van der Waals surface area contributed by atoms with Gasteiger partial charge in [0.2, 0.25) is 5.91 Å². The largest absolute Gasteiger partial charge is 0.351 e. The first-order chi connectivity index (χ1) is 7.36. The molecule has 0 aromatic carbocycles. The molecule has 1 aliphatic heterocycles. The molecule has 1 amide bonds. The number of rotatable bonds is 0. The van der Waals surface area contributed by atoms with Crippen LogP contribution in [0.2, 0.25) is 0 Å². The fourth-order valence-corrected chi connectivity index (χ4v) is 3.54. The molecule has 0 spiro atoms. The van der Waals surface area contributed by atoms with Crippen molar-refractivity contribution in [2.75, 3.05) is 0 Å². The molecule has 1 aliphatic carbocycles. The fraction of sp³-hybridized carbons (Fsp3) is 0.846. The molecule has 2 rings (SSSR count). The Hall–Kier alpha value is -0.860. The SMILES string of the molecule is CC1(C)C(=O)CC[C@]2(C)NC(=O)CCCC12. The topological polar surface area (TPSA) is 46.2 Å². The van der Waals surface area contributed by atoms with Crippen LogP contribution in [0.3, 0.4) is 0 Å². The number of carbonyl (C=O) groups excluding carboxylic acids is 2. The summed E-state index contributed by atoms with van der Waals surface area (Å²) in [6.07, 6.45) is 3.89. The summed E-state index contributed by atoms with van der Waals surface area (Å²) in [5.41, 5.74) is -0.463. The van der Waals surface area contributed by atoms with E-state index in [2.05, 4.69) is 12.2 Å². The molecule has 0 aromatic heterocycles. The van der Waals surface area contributed by atoms with E-state index in [1.165, 1.54) is 0 Å². The Kier molecular flexibility index (Phi) is 2.59. The van der Waals surface area contributed by atoms with Crippen molar-refractivity contribution < 1.29 is 9.59 Å². The predicted molar refractivity (Wildman–Crippen MR) is 61.9 cm³/mol. The number of hydrogen-bond acceptors (Lipinski definition) is 2. The molecular weight excluding hydrogens is 202 g/mol. The number of nitrogens with one attached hydrogen (secondary N) is 1. The minimum Gasteiger partial charge on any atom is -0.351 e. The van der Waals surface area contributed by atoms with Gasteiger partial charge in [0, 0.05) is 23.8 Å². The van der Waals surface area contributed by atoms with Crippen molar-refractivity contribution >= 4 is 11.7 Å². The highest BCUT2D eigenvalue weighted by molar-refractivity contribution is 5.86. The van der Waals surface area contributed by atoms with Gasteiger partial charge in [0.05, 0.1) is 0 Å². The number of ketones is 1. The molecule has 0 radical (unpaired) electrons. The van der Waals surface area contributed by atoms with Crippen LogP contribution >= 0.6 is 0 Å². The van der Waals surface area contributed by atoms with Crippen molar-refractivity contribution in [3.05, 3.63) is 0 Å². The molecule has 2 aliphatic rings. The second kappa shape index (κ2) is 3.57. The van der Waals surface area contributed by atoms with Crippen LogP contribution in [-0.4, -0.2) is 17.2 Å². The standard InChI is InChI=1S/C13H21NO2/c1-12(2)9-5-4-6-11(16)14-13(9,3)8-7-10(12)15/h9H,4-8H2,1-3H3,(H,14,16)/t9?,13-/m0/s1. The lowest BCUT2D eigenvalue weighted by Gasteiger charge is -2.49. The first kappa shape index (κ1) is 11.6. The first-order valence-corrected chi connectivity index (χ1v) is 6.20. The summed E-state index contributed by atoms with van der Waals surface area (Å²) in [5, 5.41) is 3.14. The molecule has 1 N–H and O–H groups in total. The molecule has 16 heavy (non-hydrogen) atoms. The molecule has 0 aromatic rings. The summed E-state index contributed by atoms with van der Waals surface area (Å²) >= 11 is 0. The monoisotopic (exact) mass is 223 g/mol. The molecule has 2 atom stereocenters. The summed E-state index contributed by atoms with van der Waals surface area (Å²) in [7, 11) is 0. The number of fused-ring (bicyclic) bond motifs is 1. The van der Waals surface area contributed by atoms with Crippen molar-refractivity contribution in [3.63, 3.8) is 0 Å². The van der Waals surface area contributed by atoms with Crippen molar-refractivity contribution in [2.24, 2.45) is 11.3 Å². The van der Waals surface area contributed by atoms with Crippen LogP contribution in [0.4, 0.5) is 0 Å². The predicted octanol–water partition coefficient (Wildman–Crippen LogP) is 2.05. The van der Waals surface area contributed by atoms with Crippen LogP contribution in [0.25, 0.3) is 0 Å². The number of amides is 1. The van der Waals surface area contributed by atoms with Gasteiger partial charge in [0.15, 0.2) is 0 Å². The number of hydrogen-bond donors (Lipinski definition) is 1. The van der Waals surface area contributed by atoms with E-state index in [0.717, 1.165) is 19.3 Å². The molecule has 3 nitrogen and oxygen atoms in total. The van der Waals surface area contributed by atoms with Crippen molar-refractivity contribution in [3.8, 4) is 0 Å². The third kappa shape index (κ3) is 1.66.